The molecule has 9 heteroatoms. The van der Waals surface area contributed by atoms with Crippen molar-refractivity contribution in [3.63, 3.8) is 0 Å². The number of nitrogens with zero attached hydrogens (tertiary/aromatic N) is 4. The first-order valence-electron chi connectivity index (χ1n) is 10.6. The topological polar surface area (TPSA) is 89.8 Å². The summed E-state index contributed by atoms with van der Waals surface area (Å²) in [5, 5.41) is 7.60. The smallest absolute Gasteiger partial charge is 0.230 e. The van der Waals surface area contributed by atoms with E-state index in [0.717, 1.165) is 27.2 Å². The third-order valence-electron chi connectivity index (χ3n) is 5.27. The fourth-order valence-corrected chi connectivity index (χ4v) is 4.96. The molecule has 3 heterocycles. The zero-order chi connectivity index (χ0) is 23.7. The summed E-state index contributed by atoms with van der Waals surface area (Å²) in [7, 11) is -1.12. The number of aromatic nitrogens is 4. The van der Waals surface area contributed by atoms with Gasteiger partial charge in [0.2, 0.25) is 5.91 Å². The van der Waals surface area contributed by atoms with Crippen molar-refractivity contribution in [2.45, 2.75) is 18.2 Å². The zero-order valence-electron chi connectivity index (χ0n) is 18.6. The predicted molar refractivity (Wildman–Crippen MR) is 136 cm³/mol. The first kappa shape index (κ1) is 22.1. The van der Waals surface area contributed by atoms with Crippen LogP contribution in [0.15, 0.2) is 77.1 Å². The highest BCUT2D eigenvalue weighted by Gasteiger charge is 2.16. The van der Waals surface area contributed by atoms with Crippen LogP contribution in [0.5, 0.6) is 0 Å². The van der Waals surface area contributed by atoms with Crippen LogP contribution >= 0.6 is 11.3 Å². The van der Waals surface area contributed by atoms with Gasteiger partial charge >= 0.3 is 0 Å². The van der Waals surface area contributed by atoms with Gasteiger partial charge in [0.25, 0.3) is 0 Å². The number of aryl methyl sites for hydroxylation is 1. The van der Waals surface area contributed by atoms with Gasteiger partial charge in [-0.1, -0.05) is 18.2 Å². The minimum absolute atomic E-state index is 0.0913. The molecule has 0 spiro atoms. The SMILES string of the molecule is Cc1cccc(-n2nc(CC(=O)Nc3cccc(S(C)=O)c3)cc2-c2ccc3ncsc3c2)n1. The van der Waals surface area contributed by atoms with Gasteiger partial charge in [-0.2, -0.15) is 5.10 Å². The number of nitrogens with one attached hydrogen (secondary N) is 1. The van der Waals surface area contributed by atoms with Gasteiger partial charge in [-0.3, -0.25) is 9.00 Å². The normalized spacial score (nSPS) is 12.1. The van der Waals surface area contributed by atoms with E-state index in [1.165, 1.54) is 0 Å². The number of amides is 1. The molecule has 0 radical (unpaired) electrons. The van der Waals surface area contributed by atoms with E-state index < -0.39 is 10.8 Å². The highest BCUT2D eigenvalue weighted by molar-refractivity contribution is 7.84. The quantitative estimate of drug-likeness (QED) is 0.373. The van der Waals surface area contributed by atoms with E-state index in [2.05, 4.69) is 21.4 Å². The van der Waals surface area contributed by atoms with Crippen LogP contribution in [0.25, 0.3) is 27.3 Å². The summed E-state index contributed by atoms with van der Waals surface area (Å²) in [5.41, 5.74) is 6.69. The Morgan fingerprint density at radius 2 is 1.94 bits per heavy atom. The highest BCUT2D eigenvalue weighted by Crippen LogP contribution is 2.28. The molecule has 0 bridgehead atoms. The van der Waals surface area contributed by atoms with E-state index in [9.17, 15) is 9.00 Å². The lowest BCUT2D eigenvalue weighted by Crippen LogP contribution is -2.15. The number of carbonyl (C=O) groups is 1. The molecule has 0 saturated heterocycles. The Balaban J connectivity index is 1.48. The maximum absolute atomic E-state index is 12.8. The van der Waals surface area contributed by atoms with Crippen LogP contribution in [-0.2, 0) is 22.0 Å². The molecule has 2 aromatic carbocycles. The Morgan fingerprint density at radius 1 is 1.09 bits per heavy atom. The van der Waals surface area contributed by atoms with Crippen molar-refractivity contribution in [1.82, 2.24) is 19.7 Å². The van der Waals surface area contributed by atoms with Gasteiger partial charge in [-0.15, -0.1) is 11.3 Å². The minimum Gasteiger partial charge on any atom is -0.326 e. The summed E-state index contributed by atoms with van der Waals surface area (Å²) >= 11 is 1.58. The Kier molecular flexibility index (Phi) is 6.04. The van der Waals surface area contributed by atoms with Crippen molar-refractivity contribution in [3.8, 4) is 17.1 Å². The van der Waals surface area contributed by atoms with E-state index >= 15 is 0 Å². The van der Waals surface area contributed by atoms with Crippen molar-refractivity contribution in [1.29, 1.82) is 0 Å². The summed E-state index contributed by atoms with van der Waals surface area (Å²) in [4.78, 5) is 22.4. The molecule has 0 saturated carbocycles. The first-order valence-corrected chi connectivity index (χ1v) is 13.0. The second-order valence-corrected chi connectivity index (χ2v) is 10.1. The van der Waals surface area contributed by atoms with Crippen LogP contribution in [0.4, 0.5) is 5.69 Å². The Hall–Kier alpha value is -3.69. The molecule has 0 aliphatic carbocycles. The number of carbonyl (C=O) groups excluding carboxylic acids is 1. The third-order valence-corrected chi connectivity index (χ3v) is 6.98. The van der Waals surface area contributed by atoms with Crippen LogP contribution in [0.2, 0.25) is 0 Å². The molecule has 170 valence electrons. The van der Waals surface area contributed by atoms with Crippen LogP contribution in [0.3, 0.4) is 0 Å². The van der Waals surface area contributed by atoms with Crippen molar-refractivity contribution in [2.75, 3.05) is 11.6 Å². The third kappa shape index (κ3) is 4.66. The minimum atomic E-state index is -1.12. The van der Waals surface area contributed by atoms with Gasteiger partial charge in [0.1, 0.15) is 0 Å². The van der Waals surface area contributed by atoms with Crippen molar-refractivity contribution < 1.29 is 9.00 Å². The standard InChI is InChI=1S/C25H21N5O2S2/c1-16-5-3-8-24(27-16)30-22(17-9-10-21-23(11-17)33-15-26-21)13-19(29-30)14-25(31)28-18-6-4-7-20(12-18)34(2)32/h3-13,15H,14H2,1-2H3,(H,28,31). The fraction of sp³-hybridized carbons (Fsp3) is 0.120. The molecule has 1 amide bonds. The molecular formula is C25H21N5O2S2. The molecule has 1 atom stereocenters. The molecule has 0 aliphatic rings. The molecule has 0 fully saturated rings. The van der Waals surface area contributed by atoms with Gasteiger partial charge in [0, 0.05) is 38.9 Å². The maximum atomic E-state index is 12.8. The fourth-order valence-electron chi connectivity index (χ4n) is 3.68. The Morgan fingerprint density at radius 3 is 2.76 bits per heavy atom. The lowest BCUT2D eigenvalue weighted by molar-refractivity contribution is -0.115. The molecular weight excluding hydrogens is 466 g/mol. The number of anilines is 1. The molecule has 5 aromatic rings. The number of rotatable bonds is 6. The monoisotopic (exact) mass is 487 g/mol. The van der Waals surface area contributed by atoms with Crippen LogP contribution in [-0.4, -0.2) is 36.1 Å². The first-order chi connectivity index (χ1) is 16.5. The molecule has 5 rings (SSSR count). The van der Waals surface area contributed by atoms with Crippen LogP contribution in [0.1, 0.15) is 11.4 Å². The summed E-state index contributed by atoms with van der Waals surface area (Å²) in [6.45, 7) is 1.93. The van der Waals surface area contributed by atoms with Crippen molar-refractivity contribution in [2.24, 2.45) is 0 Å². The second-order valence-electron chi connectivity index (χ2n) is 7.81. The van der Waals surface area contributed by atoms with Crippen LogP contribution in [0, 0.1) is 6.92 Å². The van der Waals surface area contributed by atoms with Crippen LogP contribution < -0.4 is 5.32 Å². The molecule has 7 nitrogen and oxygen atoms in total. The van der Waals surface area contributed by atoms with E-state index in [0.29, 0.717) is 22.1 Å². The number of thiazole rings is 1. The molecule has 1 unspecified atom stereocenters. The number of fused-ring (bicyclic) bond motifs is 1. The van der Waals surface area contributed by atoms with E-state index in [1.54, 1.807) is 46.5 Å². The number of pyridine rings is 1. The van der Waals surface area contributed by atoms with Gasteiger partial charge < -0.3 is 5.32 Å². The summed E-state index contributed by atoms with van der Waals surface area (Å²) in [5.74, 6) is 0.481. The summed E-state index contributed by atoms with van der Waals surface area (Å²) in [6.07, 6.45) is 1.70. The van der Waals surface area contributed by atoms with Crippen molar-refractivity contribution >= 4 is 43.9 Å². The molecule has 1 N–H and O–H groups in total. The molecule has 0 aliphatic heterocycles. The zero-order valence-corrected chi connectivity index (χ0v) is 20.2. The van der Waals surface area contributed by atoms with Gasteiger partial charge in [-0.05, 0) is 55.5 Å². The van der Waals surface area contributed by atoms with E-state index in [1.807, 2.05) is 48.8 Å². The van der Waals surface area contributed by atoms with Gasteiger partial charge in [-0.25, -0.2) is 14.6 Å². The lowest BCUT2D eigenvalue weighted by Gasteiger charge is -2.07. The number of benzene rings is 2. The highest BCUT2D eigenvalue weighted by atomic mass is 32.2. The number of hydrogen-bond acceptors (Lipinski definition) is 6. The predicted octanol–water partition coefficient (Wildman–Crippen LogP) is 4.77. The second kappa shape index (κ2) is 9.28. The average Bonchev–Trinajstić information content (AvgIpc) is 3.45. The Labute approximate surface area is 203 Å². The van der Waals surface area contributed by atoms with Gasteiger partial charge in [0.15, 0.2) is 5.82 Å². The molecule has 34 heavy (non-hydrogen) atoms. The number of hydrogen-bond donors (Lipinski definition) is 1. The lowest BCUT2D eigenvalue weighted by atomic mass is 10.1. The van der Waals surface area contributed by atoms with E-state index in [4.69, 9.17) is 5.10 Å². The summed E-state index contributed by atoms with van der Waals surface area (Å²) < 4.78 is 14.6. The maximum Gasteiger partial charge on any atom is 0.230 e. The van der Waals surface area contributed by atoms with Crippen molar-refractivity contribution in [3.05, 3.63) is 83.6 Å². The largest absolute Gasteiger partial charge is 0.326 e. The summed E-state index contributed by atoms with van der Waals surface area (Å²) in [6, 6.07) is 20.8. The van der Waals surface area contributed by atoms with E-state index in [-0.39, 0.29) is 12.3 Å². The van der Waals surface area contributed by atoms with Gasteiger partial charge in [0.05, 0.1) is 33.5 Å². The Bertz CT molecular complexity index is 1540. The molecule has 3 aromatic heterocycles. The average molecular weight is 488 g/mol.